The second-order valence-corrected chi connectivity index (χ2v) is 7.88. The van der Waals surface area contributed by atoms with Crippen LogP contribution in [-0.2, 0) is 5.41 Å². The monoisotopic (exact) mass is 275 g/mol. The molecule has 1 fully saturated rings. The van der Waals surface area contributed by atoms with Gasteiger partial charge < -0.3 is 10.1 Å². The number of rotatable bonds is 4. The largest absolute Gasteiger partial charge is 0.489 e. The van der Waals surface area contributed by atoms with Gasteiger partial charge in [-0.05, 0) is 47.9 Å². The van der Waals surface area contributed by atoms with Crippen molar-refractivity contribution >= 4 is 0 Å². The zero-order chi connectivity index (χ0) is 14.8. The second-order valence-electron chi connectivity index (χ2n) is 7.88. The van der Waals surface area contributed by atoms with Gasteiger partial charge >= 0.3 is 0 Å². The van der Waals surface area contributed by atoms with Crippen molar-refractivity contribution in [3.8, 4) is 5.75 Å². The second kappa shape index (κ2) is 5.77. The molecule has 0 amide bonds. The molecule has 112 valence electrons. The lowest BCUT2D eigenvalue weighted by Crippen LogP contribution is -2.24. The van der Waals surface area contributed by atoms with E-state index in [1.165, 1.54) is 12.0 Å². The Morgan fingerprint density at radius 3 is 2.25 bits per heavy atom. The van der Waals surface area contributed by atoms with E-state index in [0.717, 1.165) is 25.3 Å². The average Bonchev–Trinajstić information content (AvgIpc) is 2.79. The molecule has 0 unspecified atom stereocenters. The summed E-state index contributed by atoms with van der Waals surface area (Å²) in [5, 5.41) is 3.33. The van der Waals surface area contributed by atoms with Crippen LogP contribution >= 0.6 is 0 Å². The minimum absolute atomic E-state index is 0.200. The number of nitrogens with one attached hydrogen (secondary N) is 1. The summed E-state index contributed by atoms with van der Waals surface area (Å²) < 4.78 is 5.98. The number of benzene rings is 1. The highest BCUT2D eigenvalue weighted by Crippen LogP contribution is 2.36. The van der Waals surface area contributed by atoms with Gasteiger partial charge in [0.1, 0.15) is 11.9 Å². The molecule has 0 aliphatic carbocycles. The molecule has 0 saturated carbocycles. The first kappa shape index (κ1) is 15.4. The third-order valence-electron chi connectivity index (χ3n) is 3.93. The van der Waals surface area contributed by atoms with Crippen molar-refractivity contribution in [2.45, 2.75) is 59.0 Å². The van der Waals surface area contributed by atoms with E-state index in [9.17, 15) is 0 Å². The van der Waals surface area contributed by atoms with Gasteiger partial charge in [0.05, 0.1) is 0 Å². The molecule has 0 radical (unpaired) electrons. The highest BCUT2D eigenvalue weighted by atomic mass is 16.5. The molecule has 1 aromatic carbocycles. The fourth-order valence-electron chi connectivity index (χ4n) is 3.33. The van der Waals surface area contributed by atoms with Crippen molar-refractivity contribution in [1.82, 2.24) is 5.32 Å². The Bertz CT molecular complexity index is 422. The normalized spacial score (nSPS) is 20.1. The Morgan fingerprint density at radius 1 is 1.10 bits per heavy atom. The van der Waals surface area contributed by atoms with Crippen LogP contribution in [0.2, 0.25) is 0 Å². The molecule has 0 aromatic heterocycles. The number of hydrogen-bond donors (Lipinski definition) is 1. The molecule has 2 rings (SSSR count). The minimum atomic E-state index is 0.200. The Balaban J connectivity index is 2.03. The quantitative estimate of drug-likeness (QED) is 0.891. The van der Waals surface area contributed by atoms with Gasteiger partial charge in [-0.25, -0.2) is 0 Å². The topological polar surface area (TPSA) is 21.3 Å². The van der Waals surface area contributed by atoms with Gasteiger partial charge in [-0.2, -0.15) is 0 Å². The van der Waals surface area contributed by atoms with Crippen LogP contribution in [0.3, 0.4) is 0 Å². The van der Waals surface area contributed by atoms with Gasteiger partial charge in [0.2, 0.25) is 0 Å². The minimum Gasteiger partial charge on any atom is -0.489 e. The van der Waals surface area contributed by atoms with Crippen LogP contribution in [0.4, 0.5) is 0 Å². The zero-order valence-corrected chi connectivity index (χ0v) is 13.6. The summed E-state index contributed by atoms with van der Waals surface area (Å²) in [6.07, 6.45) is 2.62. The van der Waals surface area contributed by atoms with Crippen molar-refractivity contribution in [3.63, 3.8) is 0 Å². The standard InChI is InChI=1S/C18H29NO/c1-17(2,3)13-18(4,5)14-6-8-15(9-7-14)20-16-10-11-19-12-16/h6-9,16,19H,10-13H2,1-5H3/t16-/m1/s1. The van der Waals surface area contributed by atoms with Crippen LogP contribution in [0.15, 0.2) is 24.3 Å². The van der Waals surface area contributed by atoms with Gasteiger partial charge in [-0.3, -0.25) is 0 Å². The van der Waals surface area contributed by atoms with Crippen LogP contribution in [0.25, 0.3) is 0 Å². The first-order valence-corrected chi connectivity index (χ1v) is 7.74. The predicted molar refractivity (Wildman–Crippen MR) is 85.4 cm³/mol. The Hall–Kier alpha value is -1.02. The van der Waals surface area contributed by atoms with Gasteiger partial charge in [0.15, 0.2) is 0 Å². The van der Waals surface area contributed by atoms with E-state index in [0.29, 0.717) is 11.5 Å². The average molecular weight is 275 g/mol. The molecule has 1 heterocycles. The van der Waals surface area contributed by atoms with Crippen LogP contribution < -0.4 is 10.1 Å². The van der Waals surface area contributed by atoms with Crippen LogP contribution in [-0.4, -0.2) is 19.2 Å². The van der Waals surface area contributed by atoms with Gasteiger partial charge in [-0.1, -0.05) is 46.8 Å². The molecule has 1 N–H and O–H groups in total. The van der Waals surface area contributed by atoms with Crippen molar-refractivity contribution < 1.29 is 4.74 Å². The predicted octanol–water partition coefficient (Wildman–Crippen LogP) is 4.14. The summed E-state index contributed by atoms with van der Waals surface area (Å²) in [6.45, 7) is 13.6. The summed E-state index contributed by atoms with van der Waals surface area (Å²) in [6, 6.07) is 8.70. The lowest BCUT2D eigenvalue weighted by Gasteiger charge is -2.33. The zero-order valence-electron chi connectivity index (χ0n) is 13.6. The van der Waals surface area contributed by atoms with E-state index < -0.39 is 0 Å². The third-order valence-corrected chi connectivity index (χ3v) is 3.93. The Morgan fingerprint density at radius 2 is 1.75 bits per heavy atom. The first-order chi connectivity index (χ1) is 9.26. The highest BCUT2D eigenvalue weighted by Gasteiger charge is 2.27. The van der Waals surface area contributed by atoms with Crippen molar-refractivity contribution in [3.05, 3.63) is 29.8 Å². The van der Waals surface area contributed by atoms with Gasteiger partial charge in [-0.15, -0.1) is 0 Å². The van der Waals surface area contributed by atoms with Crippen molar-refractivity contribution in [2.75, 3.05) is 13.1 Å². The van der Waals surface area contributed by atoms with Gasteiger partial charge in [0.25, 0.3) is 0 Å². The lowest BCUT2D eigenvalue weighted by molar-refractivity contribution is 0.223. The molecule has 2 heteroatoms. The van der Waals surface area contributed by atoms with E-state index in [-0.39, 0.29) is 5.41 Å². The van der Waals surface area contributed by atoms with Crippen molar-refractivity contribution in [2.24, 2.45) is 5.41 Å². The summed E-state index contributed by atoms with van der Waals surface area (Å²) >= 11 is 0. The fraction of sp³-hybridized carbons (Fsp3) is 0.667. The number of hydrogen-bond acceptors (Lipinski definition) is 2. The third kappa shape index (κ3) is 4.24. The maximum atomic E-state index is 5.98. The fourth-order valence-corrected chi connectivity index (χ4v) is 3.33. The van der Waals surface area contributed by atoms with Crippen LogP contribution in [0, 0.1) is 5.41 Å². The molecule has 1 aliphatic rings. The van der Waals surface area contributed by atoms with E-state index in [2.05, 4.69) is 64.2 Å². The van der Waals surface area contributed by atoms with Crippen LogP contribution in [0.5, 0.6) is 5.75 Å². The number of ether oxygens (including phenoxy) is 1. The SMILES string of the molecule is CC(C)(C)CC(C)(C)c1ccc(O[C@@H]2CCNC2)cc1. The van der Waals surface area contributed by atoms with Gasteiger partial charge in [0, 0.05) is 6.54 Å². The summed E-state index contributed by atoms with van der Waals surface area (Å²) in [7, 11) is 0. The summed E-state index contributed by atoms with van der Waals surface area (Å²) in [5.41, 5.74) is 1.93. The van der Waals surface area contributed by atoms with E-state index in [4.69, 9.17) is 4.74 Å². The molecule has 0 spiro atoms. The van der Waals surface area contributed by atoms with E-state index in [1.54, 1.807) is 0 Å². The Kier molecular flexibility index (Phi) is 4.43. The maximum absolute atomic E-state index is 5.98. The molecule has 2 nitrogen and oxygen atoms in total. The molecular weight excluding hydrogens is 246 g/mol. The van der Waals surface area contributed by atoms with Crippen LogP contribution in [0.1, 0.15) is 53.0 Å². The summed E-state index contributed by atoms with van der Waals surface area (Å²) in [5.74, 6) is 0.994. The molecule has 1 aliphatic heterocycles. The van der Waals surface area contributed by atoms with E-state index >= 15 is 0 Å². The molecule has 1 aromatic rings. The smallest absolute Gasteiger partial charge is 0.119 e. The Labute approximate surface area is 123 Å². The molecule has 1 atom stereocenters. The molecule has 20 heavy (non-hydrogen) atoms. The molecule has 0 bridgehead atoms. The maximum Gasteiger partial charge on any atom is 0.119 e. The van der Waals surface area contributed by atoms with Crippen molar-refractivity contribution in [1.29, 1.82) is 0 Å². The molecule has 1 saturated heterocycles. The molecular formula is C18H29NO. The first-order valence-electron chi connectivity index (χ1n) is 7.74. The van der Waals surface area contributed by atoms with E-state index in [1.807, 2.05) is 0 Å². The summed E-state index contributed by atoms with van der Waals surface area (Å²) in [4.78, 5) is 0. The highest BCUT2D eigenvalue weighted by molar-refractivity contribution is 5.32. The lowest BCUT2D eigenvalue weighted by atomic mass is 9.72.